The normalized spacial score (nSPS) is 12.5. The van der Waals surface area contributed by atoms with Gasteiger partial charge in [0.1, 0.15) is 11.7 Å². The second-order valence-corrected chi connectivity index (χ2v) is 4.65. The van der Waals surface area contributed by atoms with Gasteiger partial charge in [-0.15, -0.1) is 11.8 Å². The Balaban J connectivity index is 2.88. The van der Waals surface area contributed by atoms with E-state index in [1.54, 1.807) is 12.1 Å². The molecule has 0 radical (unpaired) electrons. The van der Waals surface area contributed by atoms with Crippen LogP contribution in [-0.4, -0.2) is 22.8 Å². The highest BCUT2D eigenvalue weighted by molar-refractivity contribution is 8.00. The number of aliphatic hydroxyl groups is 1. The van der Waals surface area contributed by atoms with Crippen LogP contribution in [-0.2, 0) is 0 Å². The van der Waals surface area contributed by atoms with E-state index < -0.39 is 5.82 Å². The summed E-state index contributed by atoms with van der Waals surface area (Å²) in [5.41, 5.74) is 5.60. The fourth-order valence-electron chi connectivity index (χ4n) is 1.02. The van der Waals surface area contributed by atoms with Gasteiger partial charge in [0.05, 0.1) is 6.61 Å². The first-order valence-electron chi connectivity index (χ1n) is 4.46. The van der Waals surface area contributed by atoms with Crippen molar-refractivity contribution in [2.75, 3.05) is 6.61 Å². The van der Waals surface area contributed by atoms with E-state index in [9.17, 15) is 4.39 Å². The van der Waals surface area contributed by atoms with Gasteiger partial charge in [0, 0.05) is 15.7 Å². The third-order valence-electron chi connectivity index (χ3n) is 1.83. The molecule has 4 N–H and O–H groups in total. The zero-order chi connectivity index (χ0) is 11.4. The molecule has 0 saturated heterocycles. The van der Waals surface area contributed by atoms with Gasteiger partial charge < -0.3 is 10.8 Å². The number of halogens is 1. The predicted octanol–water partition coefficient (Wildman–Crippen LogP) is 1.58. The highest BCUT2D eigenvalue weighted by Crippen LogP contribution is 2.26. The van der Waals surface area contributed by atoms with Crippen molar-refractivity contribution in [3.8, 4) is 0 Å². The quantitative estimate of drug-likeness (QED) is 0.416. The van der Waals surface area contributed by atoms with Crippen LogP contribution < -0.4 is 5.73 Å². The van der Waals surface area contributed by atoms with Crippen LogP contribution in [0, 0.1) is 11.2 Å². The molecule has 0 aromatic heterocycles. The Bertz CT molecular complexity index is 370. The molecule has 1 atom stereocenters. The number of nitrogen functional groups attached to an aromatic ring is 1. The van der Waals surface area contributed by atoms with E-state index in [4.69, 9.17) is 16.2 Å². The molecule has 0 aliphatic carbocycles. The Kier molecular flexibility index (Phi) is 4.11. The zero-order valence-corrected chi connectivity index (χ0v) is 9.14. The van der Waals surface area contributed by atoms with Crippen molar-refractivity contribution in [2.45, 2.75) is 17.1 Å². The molecule has 1 unspecified atom stereocenters. The average Bonchev–Trinajstić information content (AvgIpc) is 2.20. The van der Waals surface area contributed by atoms with Crippen LogP contribution in [0.15, 0.2) is 23.1 Å². The lowest BCUT2D eigenvalue weighted by molar-refractivity contribution is 0.300. The number of amidine groups is 1. The summed E-state index contributed by atoms with van der Waals surface area (Å²) in [5, 5.41) is 15.9. The molecule has 1 rings (SSSR count). The van der Waals surface area contributed by atoms with Gasteiger partial charge in [-0.1, -0.05) is 6.92 Å². The molecular formula is C10H13FN2OS. The van der Waals surface area contributed by atoms with Crippen molar-refractivity contribution in [3.63, 3.8) is 0 Å². The van der Waals surface area contributed by atoms with E-state index in [0.29, 0.717) is 10.5 Å². The summed E-state index contributed by atoms with van der Waals surface area (Å²) in [6.45, 7) is 1.81. The van der Waals surface area contributed by atoms with E-state index in [-0.39, 0.29) is 17.7 Å². The highest BCUT2D eigenvalue weighted by atomic mass is 32.2. The summed E-state index contributed by atoms with van der Waals surface area (Å²) in [5.74, 6) is -0.561. The number of thioether (sulfide) groups is 1. The lowest BCUT2D eigenvalue weighted by Crippen LogP contribution is -2.11. The molecule has 82 valence electrons. The third kappa shape index (κ3) is 3.21. The zero-order valence-electron chi connectivity index (χ0n) is 8.33. The van der Waals surface area contributed by atoms with Crippen LogP contribution >= 0.6 is 11.8 Å². The minimum atomic E-state index is -0.409. The number of nitrogens with two attached hydrogens (primary N) is 1. The monoisotopic (exact) mass is 228 g/mol. The Morgan fingerprint density at radius 2 is 2.33 bits per heavy atom. The molecule has 3 nitrogen and oxygen atoms in total. The summed E-state index contributed by atoms with van der Waals surface area (Å²) in [6, 6.07) is 4.40. The number of nitrogens with one attached hydrogen (secondary N) is 1. The number of aliphatic hydroxyl groups excluding tert-OH is 1. The van der Waals surface area contributed by atoms with E-state index in [1.165, 1.54) is 17.8 Å². The van der Waals surface area contributed by atoms with Crippen LogP contribution in [0.3, 0.4) is 0 Å². The molecule has 0 saturated carbocycles. The van der Waals surface area contributed by atoms with Gasteiger partial charge >= 0.3 is 0 Å². The number of rotatable bonds is 4. The van der Waals surface area contributed by atoms with Crippen molar-refractivity contribution in [3.05, 3.63) is 29.6 Å². The first-order chi connectivity index (χ1) is 7.04. The Hall–Kier alpha value is -1.07. The summed E-state index contributed by atoms with van der Waals surface area (Å²) in [7, 11) is 0. The predicted molar refractivity (Wildman–Crippen MR) is 59.8 cm³/mol. The average molecular weight is 228 g/mol. The van der Waals surface area contributed by atoms with Crippen LogP contribution in [0.25, 0.3) is 0 Å². The molecule has 0 aliphatic heterocycles. The summed E-state index contributed by atoms with van der Waals surface area (Å²) >= 11 is 1.25. The Morgan fingerprint density at radius 1 is 1.67 bits per heavy atom. The van der Waals surface area contributed by atoms with Gasteiger partial charge in [-0.2, -0.15) is 0 Å². The van der Waals surface area contributed by atoms with Gasteiger partial charge in [-0.25, -0.2) is 4.39 Å². The van der Waals surface area contributed by atoms with Gasteiger partial charge in [0.2, 0.25) is 0 Å². The minimum Gasteiger partial charge on any atom is -0.395 e. The highest BCUT2D eigenvalue weighted by Gasteiger charge is 2.09. The maximum absolute atomic E-state index is 13.5. The van der Waals surface area contributed by atoms with E-state index in [0.717, 1.165) is 0 Å². The van der Waals surface area contributed by atoms with Crippen LogP contribution in [0.5, 0.6) is 0 Å². The number of hydrogen-bond donors (Lipinski definition) is 3. The maximum atomic E-state index is 13.5. The molecule has 15 heavy (non-hydrogen) atoms. The minimum absolute atomic E-state index is 0.00142. The first kappa shape index (κ1) is 12.0. The number of hydrogen-bond acceptors (Lipinski definition) is 3. The standard InChI is InChI=1S/C10H13FN2OS/c1-6(5-14)15-9-3-2-7(10(12)13)4-8(9)11/h2-4,6,14H,5H2,1H3,(H3,12,13). The molecule has 0 spiro atoms. The lowest BCUT2D eigenvalue weighted by Gasteiger charge is -2.09. The molecule has 0 fully saturated rings. The maximum Gasteiger partial charge on any atom is 0.137 e. The second kappa shape index (κ2) is 5.14. The van der Waals surface area contributed by atoms with Crippen molar-refractivity contribution in [1.82, 2.24) is 0 Å². The smallest absolute Gasteiger partial charge is 0.137 e. The fourth-order valence-corrected chi connectivity index (χ4v) is 1.84. The molecule has 1 aromatic carbocycles. The van der Waals surface area contributed by atoms with Crippen molar-refractivity contribution in [2.24, 2.45) is 5.73 Å². The molecule has 0 aliphatic rings. The summed E-state index contributed by atoms with van der Waals surface area (Å²) in [6.07, 6.45) is 0. The van der Waals surface area contributed by atoms with Crippen molar-refractivity contribution >= 4 is 17.6 Å². The van der Waals surface area contributed by atoms with Gasteiger partial charge in [-0.3, -0.25) is 5.41 Å². The third-order valence-corrected chi connectivity index (χ3v) is 2.96. The van der Waals surface area contributed by atoms with Crippen LogP contribution in [0.1, 0.15) is 12.5 Å². The largest absolute Gasteiger partial charge is 0.395 e. The topological polar surface area (TPSA) is 70.1 Å². The molecule has 0 heterocycles. The SMILES string of the molecule is CC(CO)Sc1ccc(C(=N)N)cc1F. The summed E-state index contributed by atoms with van der Waals surface area (Å²) in [4.78, 5) is 0.460. The van der Waals surface area contributed by atoms with E-state index in [2.05, 4.69) is 0 Å². The fraction of sp³-hybridized carbons (Fsp3) is 0.300. The van der Waals surface area contributed by atoms with Crippen LogP contribution in [0.2, 0.25) is 0 Å². The molecule has 0 amide bonds. The molecule has 5 heteroatoms. The molecular weight excluding hydrogens is 215 g/mol. The Labute approximate surface area is 92.0 Å². The first-order valence-corrected chi connectivity index (χ1v) is 5.34. The van der Waals surface area contributed by atoms with Crippen molar-refractivity contribution in [1.29, 1.82) is 5.41 Å². The Morgan fingerprint density at radius 3 is 2.80 bits per heavy atom. The van der Waals surface area contributed by atoms with Crippen LogP contribution in [0.4, 0.5) is 4.39 Å². The summed E-state index contributed by atoms with van der Waals surface area (Å²) < 4.78 is 13.5. The van der Waals surface area contributed by atoms with Gasteiger partial charge in [0.15, 0.2) is 0 Å². The number of benzene rings is 1. The van der Waals surface area contributed by atoms with Gasteiger partial charge in [0.25, 0.3) is 0 Å². The molecule has 1 aromatic rings. The lowest BCUT2D eigenvalue weighted by atomic mass is 10.2. The van der Waals surface area contributed by atoms with Crippen molar-refractivity contribution < 1.29 is 9.50 Å². The van der Waals surface area contributed by atoms with Gasteiger partial charge in [-0.05, 0) is 18.2 Å². The molecule has 0 bridgehead atoms. The van der Waals surface area contributed by atoms with E-state index in [1.807, 2.05) is 6.92 Å². The second-order valence-electron chi connectivity index (χ2n) is 3.17. The van der Waals surface area contributed by atoms with E-state index >= 15 is 0 Å².